The highest BCUT2D eigenvalue weighted by Crippen LogP contribution is 2.11. The molecule has 3 rings (SSSR count). The minimum absolute atomic E-state index is 0.190. The summed E-state index contributed by atoms with van der Waals surface area (Å²) in [5.41, 5.74) is 1.19. The van der Waals surface area contributed by atoms with E-state index >= 15 is 0 Å². The number of nitrogens with one attached hydrogen (secondary N) is 1. The van der Waals surface area contributed by atoms with Gasteiger partial charge in [0.25, 0.3) is 5.91 Å². The van der Waals surface area contributed by atoms with Crippen molar-refractivity contribution in [2.24, 2.45) is 0 Å². The number of nitrogens with zero attached hydrogens (tertiary/aromatic N) is 4. The molecule has 3 aromatic rings. The normalized spacial score (nSPS) is 10.2. The van der Waals surface area contributed by atoms with E-state index in [9.17, 15) is 4.79 Å². The topological polar surface area (TPSA) is 72.7 Å². The SMILES string of the molecule is O=C(Nc1ccc(-n2ccnc2)nc1)c1ccncc1. The van der Waals surface area contributed by atoms with Crippen molar-refractivity contribution in [3.63, 3.8) is 0 Å². The molecule has 0 aromatic carbocycles. The number of amides is 1. The Morgan fingerprint density at radius 1 is 1.05 bits per heavy atom. The van der Waals surface area contributed by atoms with E-state index in [2.05, 4.69) is 20.3 Å². The van der Waals surface area contributed by atoms with Crippen molar-refractivity contribution in [1.29, 1.82) is 0 Å². The number of aromatic nitrogens is 4. The van der Waals surface area contributed by atoms with Crippen LogP contribution in [-0.4, -0.2) is 25.4 Å². The fourth-order valence-corrected chi connectivity index (χ4v) is 1.71. The second-order valence-corrected chi connectivity index (χ2v) is 4.07. The highest BCUT2D eigenvalue weighted by molar-refractivity contribution is 6.04. The van der Waals surface area contributed by atoms with Gasteiger partial charge in [-0.15, -0.1) is 0 Å². The average molecular weight is 265 g/mol. The summed E-state index contributed by atoms with van der Waals surface area (Å²) in [6, 6.07) is 6.91. The van der Waals surface area contributed by atoms with Gasteiger partial charge in [0.15, 0.2) is 0 Å². The molecule has 3 aromatic heterocycles. The van der Waals surface area contributed by atoms with Crippen LogP contribution in [0, 0.1) is 0 Å². The molecule has 6 heteroatoms. The molecule has 0 aliphatic rings. The molecular weight excluding hydrogens is 254 g/mol. The number of pyridine rings is 2. The van der Waals surface area contributed by atoms with Crippen LogP contribution in [0.1, 0.15) is 10.4 Å². The van der Waals surface area contributed by atoms with Crippen LogP contribution in [0.15, 0.2) is 61.6 Å². The first-order valence-electron chi connectivity index (χ1n) is 5.99. The molecule has 0 saturated carbocycles. The Hall–Kier alpha value is -3.02. The summed E-state index contributed by atoms with van der Waals surface area (Å²) in [6.07, 6.45) is 9.91. The molecule has 1 N–H and O–H groups in total. The fourth-order valence-electron chi connectivity index (χ4n) is 1.71. The van der Waals surface area contributed by atoms with Crippen LogP contribution in [0.2, 0.25) is 0 Å². The molecule has 0 atom stereocenters. The lowest BCUT2D eigenvalue weighted by Gasteiger charge is -2.06. The molecule has 6 nitrogen and oxygen atoms in total. The Morgan fingerprint density at radius 2 is 1.90 bits per heavy atom. The van der Waals surface area contributed by atoms with Gasteiger partial charge in [-0.1, -0.05) is 0 Å². The minimum atomic E-state index is -0.190. The lowest BCUT2D eigenvalue weighted by molar-refractivity contribution is 0.102. The van der Waals surface area contributed by atoms with Gasteiger partial charge in [-0.05, 0) is 24.3 Å². The van der Waals surface area contributed by atoms with Crippen LogP contribution in [0.25, 0.3) is 5.82 Å². The summed E-state index contributed by atoms with van der Waals surface area (Å²) in [4.78, 5) is 24.0. The summed E-state index contributed by atoms with van der Waals surface area (Å²) in [7, 11) is 0. The van der Waals surface area contributed by atoms with Crippen molar-refractivity contribution in [2.45, 2.75) is 0 Å². The predicted molar refractivity (Wildman–Crippen MR) is 73.5 cm³/mol. The van der Waals surface area contributed by atoms with E-state index in [0.717, 1.165) is 5.82 Å². The molecule has 1 amide bonds. The van der Waals surface area contributed by atoms with Gasteiger partial charge >= 0.3 is 0 Å². The number of carbonyl (C=O) groups is 1. The number of hydrogen-bond donors (Lipinski definition) is 1. The number of hydrogen-bond acceptors (Lipinski definition) is 4. The van der Waals surface area contributed by atoms with Crippen LogP contribution in [-0.2, 0) is 0 Å². The average Bonchev–Trinajstić information content (AvgIpc) is 3.03. The second-order valence-electron chi connectivity index (χ2n) is 4.07. The van der Waals surface area contributed by atoms with Gasteiger partial charge in [-0.3, -0.25) is 14.3 Å². The lowest BCUT2D eigenvalue weighted by atomic mass is 10.2. The third-order valence-electron chi connectivity index (χ3n) is 2.72. The lowest BCUT2D eigenvalue weighted by Crippen LogP contribution is -2.12. The molecule has 0 spiro atoms. The second kappa shape index (κ2) is 5.31. The summed E-state index contributed by atoms with van der Waals surface area (Å²) in [5.74, 6) is 0.550. The minimum Gasteiger partial charge on any atom is -0.321 e. The molecule has 20 heavy (non-hydrogen) atoms. The maximum Gasteiger partial charge on any atom is 0.255 e. The van der Waals surface area contributed by atoms with Gasteiger partial charge < -0.3 is 5.32 Å². The third-order valence-corrected chi connectivity index (χ3v) is 2.72. The van der Waals surface area contributed by atoms with E-state index in [0.29, 0.717) is 11.3 Å². The zero-order chi connectivity index (χ0) is 13.8. The van der Waals surface area contributed by atoms with Crippen molar-refractivity contribution < 1.29 is 4.79 Å². The number of rotatable bonds is 3. The van der Waals surface area contributed by atoms with Crippen LogP contribution in [0.5, 0.6) is 0 Å². The quantitative estimate of drug-likeness (QED) is 0.785. The maximum absolute atomic E-state index is 11.9. The Morgan fingerprint density at radius 3 is 2.55 bits per heavy atom. The van der Waals surface area contributed by atoms with Crippen molar-refractivity contribution in [1.82, 2.24) is 19.5 Å². The van der Waals surface area contributed by atoms with Gasteiger partial charge in [0.2, 0.25) is 0 Å². The van der Waals surface area contributed by atoms with Gasteiger partial charge in [0, 0.05) is 30.4 Å². The van der Waals surface area contributed by atoms with Crippen LogP contribution >= 0.6 is 0 Å². The molecule has 0 radical (unpaired) electrons. The van der Waals surface area contributed by atoms with Crippen LogP contribution in [0.4, 0.5) is 5.69 Å². The summed E-state index contributed by atoms with van der Waals surface area (Å²) in [6.45, 7) is 0. The summed E-state index contributed by atoms with van der Waals surface area (Å²) in [5, 5.41) is 2.78. The molecule has 0 aliphatic carbocycles. The first kappa shape index (κ1) is 12.0. The van der Waals surface area contributed by atoms with Crippen LogP contribution in [0.3, 0.4) is 0 Å². The maximum atomic E-state index is 11.9. The summed E-state index contributed by atoms with van der Waals surface area (Å²) >= 11 is 0. The molecule has 0 saturated heterocycles. The molecule has 0 bridgehead atoms. The van der Waals surface area contributed by atoms with E-state index in [1.807, 2.05) is 6.07 Å². The highest BCUT2D eigenvalue weighted by Gasteiger charge is 2.05. The molecule has 0 aliphatic heterocycles. The van der Waals surface area contributed by atoms with E-state index in [-0.39, 0.29) is 5.91 Å². The summed E-state index contributed by atoms with van der Waals surface area (Å²) < 4.78 is 1.79. The Bertz CT molecular complexity index is 692. The molecular formula is C14H11N5O. The van der Waals surface area contributed by atoms with Crippen molar-refractivity contribution >= 4 is 11.6 Å². The van der Waals surface area contributed by atoms with E-state index in [4.69, 9.17) is 0 Å². The molecule has 3 heterocycles. The van der Waals surface area contributed by atoms with Crippen molar-refractivity contribution in [3.05, 3.63) is 67.1 Å². The zero-order valence-corrected chi connectivity index (χ0v) is 10.5. The first-order valence-corrected chi connectivity index (χ1v) is 5.99. The number of imidazole rings is 1. The smallest absolute Gasteiger partial charge is 0.255 e. The Balaban J connectivity index is 1.74. The highest BCUT2D eigenvalue weighted by atomic mass is 16.1. The van der Waals surface area contributed by atoms with Gasteiger partial charge in [-0.2, -0.15) is 0 Å². The molecule has 0 fully saturated rings. The fraction of sp³-hybridized carbons (Fsp3) is 0. The molecule has 0 unspecified atom stereocenters. The van der Waals surface area contributed by atoms with Gasteiger partial charge in [0.05, 0.1) is 11.9 Å². The van der Waals surface area contributed by atoms with E-state index in [1.165, 1.54) is 0 Å². The Labute approximate surface area is 115 Å². The third kappa shape index (κ3) is 2.54. The van der Waals surface area contributed by atoms with E-state index < -0.39 is 0 Å². The van der Waals surface area contributed by atoms with Gasteiger partial charge in [0.1, 0.15) is 12.1 Å². The van der Waals surface area contributed by atoms with Crippen molar-refractivity contribution in [3.8, 4) is 5.82 Å². The number of anilines is 1. The monoisotopic (exact) mass is 265 g/mol. The zero-order valence-electron chi connectivity index (χ0n) is 10.5. The standard InChI is InChI=1S/C14H11N5O/c20-14(11-3-5-15-6-4-11)18-12-1-2-13(17-9-12)19-8-7-16-10-19/h1-10H,(H,18,20). The van der Waals surface area contributed by atoms with Crippen molar-refractivity contribution in [2.75, 3.05) is 5.32 Å². The Kier molecular flexibility index (Phi) is 3.20. The van der Waals surface area contributed by atoms with Gasteiger partial charge in [-0.25, -0.2) is 9.97 Å². The van der Waals surface area contributed by atoms with Crippen LogP contribution < -0.4 is 5.32 Å². The predicted octanol–water partition coefficient (Wildman–Crippen LogP) is 1.91. The first-order chi connectivity index (χ1) is 9.83. The van der Waals surface area contributed by atoms with E-state index in [1.54, 1.807) is 60.1 Å². The molecule has 98 valence electrons. The largest absolute Gasteiger partial charge is 0.321 e. The number of carbonyl (C=O) groups excluding carboxylic acids is 1.